The molecule has 0 radical (unpaired) electrons. The first-order valence-corrected chi connectivity index (χ1v) is 5.53. The zero-order chi connectivity index (χ0) is 12.7. The highest BCUT2D eigenvalue weighted by atomic mass is 16.7. The van der Waals surface area contributed by atoms with Crippen LogP contribution >= 0.6 is 0 Å². The van der Waals surface area contributed by atoms with Gasteiger partial charge in [-0.1, -0.05) is 6.42 Å². The van der Waals surface area contributed by atoms with E-state index in [4.69, 9.17) is 9.94 Å². The number of carbonyl (C=O) groups is 3. The van der Waals surface area contributed by atoms with Crippen molar-refractivity contribution in [3.05, 3.63) is 0 Å². The molecule has 1 fully saturated rings. The van der Waals surface area contributed by atoms with Gasteiger partial charge in [0.15, 0.2) is 6.10 Å². The van der Waals surface area contributed by atoms with Crippen LogP contribution in [-0.4, -0.2) is 35.5 Å². The number of hydrogen-bond donors (Lipinski definition) is 3. The molecule has 0 bridgehead atoms. The van der Waals surface area contributed by atoms with Gasteiger partial charge >= 0.3 is 5.97 Å². The molecule has 7 heteroatoms. The van der Waals surface area contributed by atoms with Crippen molar-refractivity contribution < 1.29 is 24.3 Å². The Morgan fingerprint density at radius 3 is 2.76 bits per heavy atom. The Morgan fingerprint density at radius 2 is 2.18 bits per heavy atom. The minimum Gasteiger partial charge on any atom is -0.481 e. The van der Waals surface area contributed by atoms with Gasteiger partial charge in [0.25, 0.3) is 5.91 Å². The molecule has 1 saturated heterocycles. The fraction of sp³-hybridized carbons (Fsp3) is 0.700. The zero-order valence-corrected chi connectivity index (χ0v) is 9.40. The average molecular weight is 244 g/mol. The first-order chi connectivity index (χ1) is 8.09. The van der Waals surface area contributed by atoms with Crippen molar-refractivity contribution >= 4 is 17.8 Å². The molecule has 0 saturated carbocycles. The number of hydroxylamine groups is 1. The zero-order valence-electron chi connectivity index (χ0n) is 9.40. The number of aliphatic carboxylic acids is 1. The third kappa shape index (κ3) is 5.41. The van der Waals surface area contributed by atoms with Gasteiger partial charge in [-0.25, -0.2) is 5.48 Å². The summed E-state index contributed by atoms with van der Waals surface area (Å²) in [4.78, 5) is 37.1. The van der Waals surface area contributed by atoms with Gasteiger partial charge in [-0.2, -0.15) is 0 Å². The van der Waals surface area contributed by atoms with Crippen LogP contribution in [-0.2, 0) is 19.2 Å². The highest BCUT2D eigenvalue weighted by Crippen LogP contribution is 2.04. The van der Waals surface area contributed by atoms with Gasteiger partial charge in [0, 0.05) is 13.0 Å². The van der Waals surface area contributed by atoms with E-state index < -0.39 is 18.0 Å². The van der Waals surface area contributed by atoms with Crippen molar-refractivity contribution in [2.24, 2.45) is 0 Å². The predicted octanol–water partition coefficient (Wildman–Crippen LogP) is -0.432. The van der Waals surface area contributed by atoms with Crippen LogP contribution in [0.4, 0.5) is 0 Å². The minimum atomic E-state index is -0.796. The van der Waals surface area contributed by atoms with Crippen LogP contribution in [0.15, 0.2) is 0 Å². The summed E-state index contributed by atoms with van der Waals surface area (Å²) in [5.41, 5.74) is 2.61. The van der Waals surface area contributed by atoms with E-state index in [1.807, 2.05) is 0 Å². The van der Waals surface area contributed by atoms with Gasteiger partial charge in [-0.3, -0.25) is 24.5 Å². The highest BCUT2D eigenvalue weighted by Gasteiger charge is 2.31. The second kappa shape index (κ2) is 6.97. The lowest BCUT2D eigenvalue weighted by atomic mass is 10.2. The van der Waals surface area contributed by atoms with Gasteiger partial charge in [0.1, 0.15) is 0 Å². The van der Waals surface area contributed by atoms with Gasteiger partial charge in [-0.15, -0.1) is 0 Å². The first-order valence-electron chi connectivity index (χ1n) is 5.53. The van der Waals surface area contributed by atoms with E-state index in [-0.39, 0.29) is 18.7 Å². The molecule has 1 rings (SSSR count). The third-order valence-corrected chi connectivity index (χ3v) is 2.32. The highest BCUT2D eigenvalue weighted by molar-refractivity contribution is 6.04. The summed E-state index contributed by atoms with van der Waals surface area (Å²) in [6.07, 6.45) is 1.63. The summed E-state index contributed by atoms with van der Waals surface area (Å²) in [7, 11) is 0. The van der Waals surface area contributed by atoms with E-state index in [2.05, 4.69) is 10.8 Å². The molecule has 1 heterocycles. The lowest BCUT2D eigenvalue weighted by Crippen LogP contribution is -2.31. The Morgan fingerprint density at radius 1 is 1.41 bits per heavy atom. The van der Waals surface area contributed by atoms with Gasteiger partial charge in [0.2, 0.25) is 5.91 Å². The molecular weight excluding hydrogens is 228 g/mol. The van der Waals surface area contributed by atoms with Crippen molar-refractivity contribution in [1.29, 1.82) is 0 Å². The molecule has 0 aromatic heterocycles. The molecule has 2 amide bonds. The molecule has 0 aromatic rings. The normalized spacial score (nSPS) is 19.4. The maximum Gasteiger partial charge on any atom is 0.303 e. The summed E-state index contributed by atoms with van der Waals surface area (Å²) >= 11 is 0. The van der Waals surface area contributed by atoms with Gasteiger partial charge in [0.05, 0.1) is 6.42 Å². The maximum absolute atomic E-state index is 11.1. The van der Waals surface area contributed by atoms with E-state index in [9.17, 15) is 14.4 Å². The van der Waals surface area contributed by atoms with Crippen LogP contribution in [0.2, 0.25) is 0 Å². The van der Waals surface area contributed by atoms with Crippen LogP contribution in [0.25, 0.3) is 0 Å². The Hall–Kier alpha value is -1.47. The standard InChI is InChI=1S/C10H16N2O5/c13-8-6-7(10(16)12-8)17-11-5-3-1-2-4-9(14)15/h7,11H,1-6H2,(H,14,15)(H,12,13,16). The number of imide groups is 1. The minimum absolute atomic E-state index is 0.0465. The van der Waals surface area contributed by atoms with Crippen molar-refractivity contribution in [2.75, 3.05) is 6.54 Å². The molecule has 0 aromatic carbocycles. The molecular formula is C10H16N2O5. The number of unbranched alkanes of at least 4 members (excludes halogenated alkanes) is 2. The van der Waals surface area contributed by atoms with Crippen molar-refractivity contribution in [3.63, 3.8) is 0 Å². The van der Waals surface area contributed by atoms with Crippen LogP contribution in [0.3, 0.4) is 0 Å². The summed E-state index contributed by atoms with van der Waals surface area (Å²) < 4.78 is 0. The second-order valence-electron chi connectivity index (χ2n) is 3.82. The average Bonchev–Trinajstić information content (AvgIpc) is 2.55. The van der Waals surface area contributed by atoms with Crippen molar-refractivity contribution in [1.82, 2.24) is 10.8 Å². The largest absolute Gasteiger partial charge is 0.481 e. The molecule has 0 spiro atoms. The fourth-order valence-corrected chi connectivity index (χ4v) is 1.43. The number of nitrogens with one attached hydrogen (secondary N) is 2. The van der Waals surface area contributed by atoms with E-state index in [1.54, 1.807) is 0 Å². The summed E-state index contributed by atoms with van der Waals surface area (Å²) in [5.74, 6) is -1.55. The molecule has 0 aliphatic carbocycles. The van der Waals surface area contributed by atoms with Crippen LogP contribution in [0, 0.1) is 0 Å². The summed E-state index contributed by atoms with van der Waals surface area (Å²) in [6, 6.07) is 0. The molecule has 7 nitrogen and oxygen atoms in total. The Kier molecular flexibility index (Phi) is 5.58. The number of amides is 2. The Balaban J connectivity index is 1.96. The predicted molar refractivity (Wildman–Crippen MR) is 56.7 cm³/mol. The molecule has 1 aliphatic rings. The van der Waals surface area contributed by atoms with Crippen LogP contribution < -0.4 is 10.8 Å². The number of rotatable bonds is 8. The quantitative estimate of drug-likeness (QED) is 0.304. The monoisotopic (exact) mass is 244 g/mol. The summed E-state index contributed by atoms with van der Waals surface area (Å²) in [5, 5.41) is 10.5. The molecule has 96 valence electrons. The smallest absolute Gasteiger partial charge is 0.303 e. The molecule has 1 aliphatic heterocycles. The molecule has 17 heavy (non-hydrogen) atoms. The maximum atomic E-state index is 11.1. The van der Waals surface area contributed by atoms with Crippen molar-refractivity contribution in [2.45, 2.75) is 38.2 Å². The summed E-state index contributed by atoms with van der Waals surface area (Å²) in [6.45, 7) is 0.525. The number of hydrogen-bond acceptors (Lipinski definition) is 5. The van der Waals surface area contributed by atoms with Crippen molar-refractivity contribution in [3.8, 4) is 0 Å². The van der Waals surface area contributed by atoms with Crippen LogP contribution in [0.1, 0.15) is 32.1 Å². The molecule has 3 N–H and O–H groups in total. The second-order valence-corrected chi connectivity index (χ2v) is 3.82. The third-order valence-electron chi connectivity index (χ3n) is 2.32. The number of carbonyl (C=O) groups excluding carboxylic acids is 2. The fourth-order valence-electron chi connectivity index (χ4n) is 1.43. The van der Waals surface area contributed by atoms with E-state index >= 15 is 0 Å². The Labute approximate surface area is 98.5 Å². The lowest BCUT2D eigenvalue weighted by molar-refractivity contribution is -0.137. The topological polar surface area (TPSA) is 105 Å². The van der Waals surface area contributed by atoms with Crippen LogP contribution in [0.5, 0.6) is 0 Å². The molecule has 1 atom stereocenters. The van der Waals surface area contributed by atoms with Gasteiger partial charge in [-0.05, 0) is 12.8 Å². The number of carboxylic acid groups (broad SMARTS) is 1. The lowest BCUT2D eigenvalue weighted by Gasteiger charge is -2.08. The SMILES string of the molecule is O=C(O)CCCCCNOC1CC(=O)NC1=O. The van der Waals surface area contributed by atoms with Gasteiger partial charge < -0.3 is 5.11 Å². The first kappa shape index (κ1) is 13.6. The van der Waals surface area contributed by atoms with E-state index in [0.717, 1.165) is 12.8 Å². The number of carboxylic acids is 1. The Bertz CT molecular complexity index is 305. The van der Waals surface area contributed by atoms with E-state index in [1.165, 1.54) is 0 Å². The van der Waals surface area contributed by atoms with E-state index in [0.29, 0.717) is 13.0 Å². The molecule has 1 unspecified atom stereocenters.